The van der Waals surface area contributed by atoms with Gasteiger partial charge in [-0.15, -0.1) is 0 Å². The minimum atomic E-state index is 0.000000000000000222. The summed E-state index contributed by atoms with van der Waals surface area (Å²) in [6, 6.07) is 0. The summed E-state index contributed by atoms with van der Waals surface area (Å²) in [5, 5.41) is 0.000000000000000222. The molecule has 1 aliphatic heterocycles. The molecular formula is C5H12N2O2S. The lowest BCUT2D eigenvalue weighted by Crippen LogP contribution is -2.18. The van der Waals surface area contributed by atoms with Crippen LogP contribution in [0.25, 0.3) is 0 Å². The molecule has 1 rings (SSSR count). The summed E-state index contributed by atoms with van der Waals surface area (Å²) in [5.41, 5.74) is 9.24. The van der Waals surface area contributed by atoms with Gasteiger partial charge in [0, 0.05) is 0 Å². The second kappa shape index (κ2) is 6.73. The minimum Gasteiger partial charge on any atom is -0.377 e. The van der Waals surface area contributed by atoms with E-state index in [4.69, 9.17) is 9.47 Å². The number of hydrogen-bond donors (Lipinski definition) is 2. The molecule has 4 nitrogen and oxygen atoms in total. The van der Waals surface area contributed by atoms with Gasteiger partial charge in [-0.05, 0) is 12.2 Å². The maximum atomic E-state index is 4.94. The molecule has 4 N–H and O–H groups in total. The van der Waals surface area contributed by atoms with E-state index in [9.17, 15) is 0 Å². The van der Waals surface area contributed by atoms with E-state index in [0.29, 0.717) is 0 Å². The van der Waals surface area contributed by atoms with Crippen molar-refractivity contribution in [2.45, 2.75) is 0 Å². The molecule has 0 amide bonds. The Kier molecular flexibility index (Phi) is 6.46. The van der Waals surface area contributed by atoms with E-state index < -0.39 is 0 Å². The molecule has 0 spiro atoms. The maximum absolute atomic E-state index is 4.94. The molecule has 1 fully saturated rings. The molecule has 1 heterocycles. The SMILES string of the molecule is C1COCCO1.NC(N)=S. The largest absolute Gasteiger partial charge is 0.377 e. The van der Waals surface area contributed by atoms with Crippen molar-refractivity contribution in [3.8, 4) is 0 Å². The molecule has 0 bridgehead atoms. The Morgan fingerprint density at radius 3 is 1.30 bits per heavy atom. The summed E-state index contributed by atoms with van der Waals surface area (Å²) in [6.07, 6.45) is 0. The Hall–Kier alpha value is -0.390. The van der Waals surface area contributed by atoms with Crippen LogP contribution in [0.4, 0.5) is 0 Å². The van der Waals surface area contributed by atoms with Gasteiger partial charge >= 0.3 is 0 Å². The van der Waals surface area contributed by atoms with E-state index in [1.54, 1.807) is 0 Å². The number of rotatable bonds is 0. The summed E-state index contributed by atoms with van der Waals surface area (Å²) in [6.45, 7) is 3.11. The fourth-order valence-electron chi connectivity index (χ4n) is 0.440. The van der Waals surface area contributed by atoms with Gasteiger partial charge in [-0.2, -0.15) is 0 Å². The molecule has 10 heavy (non-hydrogen) atoms. The minimum absolute atomic E-state index is 0.000000000000000222. The molecule has 0 unspecified atom stereocenters. The van der Waals surface area contributed by atoms with Gasteiger partial charge in [0.2, 0.25) is 0 Å². The Labute approximate surface area is 65.5 Å². The molecule has 5 heteroatoms. The standard InChI is InChI=1S/C4H8O2.CH4N2S/c1-2-6-4-3-5-1;2-1(3)4/h1-4H2;(H4,2,3,4). The molecule has 1 aliphatic rings. The lowest BCUT2D eigenvalue weighted by Gasteiger charge is -2.09. The van der Waals surface area contributed by atoms with E-state index in [-0.39, 0.29) is 5.11 Å². The van der Waals surface area contributed by atoms with Crippen molar-refractivity contribution in [1.82, 2.24) is 0 Å². The van der Waals surface area contributed by atoms with Crippen molar-refractivity contribution >= 4 is 17.3 Å². The van der Waals surface area contributed by atoms with Crippen LogP contribution in [0.2, 0.25) is 0 Å². The first kappa shape index (κ1) is 9.61. The maximum Gasteiger partial charge on any atom is 0.160 e. The summed E-state index contributed by atoms with van der Waals surface area (Å²) in [7, 11) is 0. The Morgan fingerprint density at radius 1 is 1.00 bits per heavy atom. The van der Waals surface area contributed by atoms with Gasteiger partial charge in [0.1, 0.15) is 0 Å². The van der Waals surface area contributed by atoms with Crippen LogP contribution < -0.4 is 11.5 Å². The fourth-order valence-corrected chi connectivity index (χ4v) is 0.440. The lowest BCUT2D eigenvalue weighted by atomic mass is 10.6. The summed E-state index contributed by atoms with van der Waals surface area (Å²) >= 11 is 4.09. The van der Waals surface area contributed by atoms with Crippen LogP contribution in [0, 0.1) is 0 Å². The van der Waals surface area contributed by atoms with Gasteiger partial charge < -0.3 is 20.9 Å². The highest BCUT2D eigenvalue weighted by atomic mass is 32.1. The van der Waals surface area contributed by atoms with Crippen molar-refractivity contribution < 1.29 is 9.47 Å². The third-order valence-corrected chi connectivity index (χ3v) is 0.744. The van der Waals surface area contributed by atoms with E-state index in [0.717, 1.165) is 26.4 Å². The first-order valence-corrected chi connectivity index (χ1v) is 3.34. The van der Waals surface area contributed by atoms with Crippen LogP contribution in [0.15, 0.2) is 0 Å². The Balaban J connectivity index is 0.000000180. The topological polar surface area (TPSA) is 70.5 Å². The summed E-state index contributed by atoms with van der Waals surface area (Å²) < 4.78 is 9.89. The number of nitrogens with two attached hydrogens (primary N) is 2. The number of hydrogen-bond acceptors (Lipinski definition) is 3. The van der Waals surface area contributed by atoms with Crippen LogP contribution >= 0.6 is 12.2 Å². The van der Waals surface area contributed by atoms with Gasteiger partial charge in [0.15, 0.2) is 5.11 Å². The average Bonchev–Trinajstić information content (AvgIpc) is 1.90. The second-order valence-corrected chi connectivity index (χ2v) is 2.10. The molecule has 60 valence electrons. The van der Waals surface area contributed by atoms with Crippen molar-refractivity contribution in [2.75, 3.05) is 26.4 Å². The molecule has 0 radical (unpaired) electrons. The van der Waals surface area contributed by atoms with Crippen LogP contribution in [0.3, 0.4) is 0 Å². The number of thiocarbonyl (C=S) groups is 1. The van der Waals surface area contributed by atoms with E-state index in [1.807, 2.05) is 0 Å². The van der Waals surface area contributed by atoms with E-state index in [1.165, 1.54) is 0 Å². The number of ether oxygens (including phenoxy) is 2. The zero-order chi connectivity index (χ0) is 7.82. The highest BCUT2D eigenvalue weighted by molar-refractivity contribution is 7.80. The van der Waals surface area contributed by atoms with Crippen molar-refractivity contribution in [2.24, 2.45) is 11.5 Å². The zero-order valence-corrected chi connectivity index (χ0v) is 6.52. The van der Waals surface area contributed by atoms with Crippen molar-refractivity contribution in [3.63, 3.8) is 0 Å². The van der Waals surface area contributed by atoms with Crippen molar-refractivity contribution in [1.29, 1.82) is 0 Å². The van der Waals surface area contributed by atoms with E-state index >= 15 is 0 Å². The first-order valence-electron chi connectivity index (χ1n) is 2.94. The predicted octanol–water partition coefficient (Wildman–Crippen LogP) is -0.778. The molecule has 1 saturated heterocycles. The average molecular weight is 164 g/mol. The molecule has 0 atom stereocenters. The molecule has 0 saturated carbocycles. The first-order chi connectivity index (χ1) is 4.73. The van der Waals surface area contributed by atoms with Gasteiger partial charge in [-0.25, -0.2) is 0 Å². The smallest absolute Gasteiger partial charge is 0.160 e. The quantitative estimate of drug-likeness (QED) is 0.460. The van der Waals surface area contributed by atoms with Gasteiger partial charge in [0.25, 0.3) is 0 Å². The van der Waals surface area contributed by atoms with Crippen LogP contribution in [-0.4, -0.2) is 31.5 Å². The van der Waals surface area contributed by atoms with Gasteiger partial charge in [-0.3, -0.25) is 0 Å². The highest BCUT2D eigenvalue weighted by Gasteiger charge is 1.94. The molecule has 0 aromatic rings. The molecule has 0 aliphatic carbocycles. The summed E-state index contributed by atoms with van der Waals surface area (Å²) in [5.74, 6) is 0. The second-order valence-electron chi connectivity index (χ2n) is 1.63. The molecule has 0 aromatic carbocycles. The summed E-state index contributed by atoms with van der Waals surface area (Å²) in [4.78, 5) is 0. The van der Waals surface area contributed by atoms with Crippen molar-refractivity contribution in [3.05, 3.63) is 0 Å². The van der Waals surface area contributed by atoms with Crippen LogP contribution in [-0.2, 0) is 9.47 Å². The normalized spacial score (nSPS) is 16.8. The van der Waals surface area contributed by atoms with Crippen LogP contribution in [0.1, 0.15) is 0 Å². The van der Waals surface area contributed by atoms with E-state index in [2.05, 4.69) is 23.7 Å². The molecule has 0 aromatic heterocycles. The molecular weight excluding hydrogens is 152 g/mol. The highest BCUT2D eigenvalue weighted by Crippen LogP contribution is 1.85. The zero-order valence-electron chi connectivity index (χ0n) is 5.71. The third-order valence-electron chi connectivity index (χ3n) is 0.744. The third kappa shape index (κ3) is 10.6. The fraction of sp³-hybridized carbons (Fsp3) is 0.800. The van der Waals surface area contributed by atoms with Gasteiger partial charge in [0.05, 0.1) is 26.4 Å². The monoisotopic (exact) mass is 164 g/mol. The van der Waals surface area contributed by atoms with Crippen LogP contribution in [0.5, 0.6) is 0 Å². The Bertz CT molecular complexity index is 80.1. The lowest BCUT2D eigenvalue weighted by molar-refractivity contribution is -0.0334. The predicted molar refractivity (Wildman–Crippen MR) is 42.6 cm³/mol. The van der Waals surface area contributed by atoms with Gasteiger partial charge in [-0.1, -0.05) is 0 Å². The Morgan fingerprint density at radius 2 is 1.20 bits per heavy atom.